The first kappa shape index (κ1) is 19.9. The summed E-state index contributed by atoms with van der Waals surface area (Å²) >= 11 is 0. The maximum atomic E-state index is 12.6. The molecule has 3 rings (SSSR count). The maximum absolute atomic E-state index is 12.6. The Labute approximate surface area is 161 Å². The predicted octanol–water partition coefficient (Wildman–Crippen LogP) is 1.37. The molecular weight excluding hydrogens is 366 g/mol. The van der Waals surface area contributed by atoms with E-state index in [1.54, 1.807) is 12.1 Å². The zero-order valence-electron chi connectivity index (χ0n) is 16.3. The Hall–Kier alpha value is -1.80. The quantitative estimate of drug-likeness (QED) is 0.815. The molecule has 0 bridgehead atoms. The molecule has 1 fully saturated rings. The standard InChI is InChI=1S/C19H29N3O4S/c1-14-4-5-17-16(12-14)22(27(3,24)25)13-18(26-17)19(23)20-9-6-15-7-10-21(2)11-8-15/h4-5,12,15,18H,6-11,13H2,1-3H3,(H,20,23). The topological polar surface area (TPSA) is 79.0 Å². The highest BCUT2D eigenvalue weighted by atomic mass is 32.2. The van der Waals surface area contributed by atoms with Crippen molar-refractivity contribution in [2.24, 2.45) is 5.92 Å². The Balaban J connectivity index is 1.61. The van der Waals surface area contributed by atoms with E-state index in [4.69, 9.17) is 4.74 Å². The van der Waals surface area contributed by atoms with E-state index in [0.29, 0.717) is 23.9 Å². The van der Waals surface area contributed by atoms with Crippen molar-refractivity contribution in [3.63, 3.8) is 0 Å². The molecule has 0 saturated carbocycles. The number of benzene rings is 1. The van der Waals surface area contributed by atoms with Crippen molar-refractivity contribution >= 4 is 21.6 Å². The number of fused-ring (bicyclic) bond motifs is 1. The Morgan fingerprint density at radius 2 is 2.00 bits per heavy atom. The number of rotatable bonds is 5. The molecule has 1 N–H and O–H groups in total. The summed E-state index contributed by atoms with van der Waals surface area (Å²) in [7, 11) is -1.37. The summed E-state index contributed by atoms with van der Waals surface area (Å²) in [5.74, 6) is 0.792. The molecule has 1 aromatic rings. The predicted molar refractivity (Wildman–Crippen MR) is 106 cm³/mol. The molecule has 27 heavy (non-hydrogen) atoms. The fourth-order valence-electron chi connectivity index (χ4n) is 3.68. The monoisotopic (exact) mass is 395 g/mol. The Bertz CT molecular complexity index is 788. The lowest BCUT2D eigenvalue weighted by Crippen LogP contribution is -2.50. The van der Waals surface area contributed by atoms with Crippen LogP contribution >= 0.6 is 0 Å². The number of nitrogens with one attached hydrogen (secondary N) is 1. The van der Waals surface area contributed by atoms with Gasteiger partial charge in [0.15, 0.2) is 6.10 Å². The highest BCUT2D eigenvalue weighted by Crippen LogP contribution is 2.35. The molecule has 2 aliphatic heterocycles. The zero-order chi connectivity index (χ0) is 19.6. The zero-order valence-corrected chi connectivity index (χ0v) is 17.1. The maximum Gasteiger partial charge on any atom is 0.263 e. The minimum atomic E-state index is -3.50. The van der Waals surface area contributed by atoms with Gasteiger partial charge in [0.1, 0.15) is 5.75 Å². The molecular formula is C19H29N3O4S. The van der Waals surface area contributed by atoms with Crippen molar-refractivity contribution < 1.29 is 17.9 Å². The number of hydrogen-bond acceptors (Lipinski definition) is 5. The van der Waals surface area contributed by atoms with Gasteiger partial charge in [-0.15, -0.1) is 0 Å². The van der Waals surface area contributed by atoms with Gasteiger partial charge in [0.2, 0.25) is 10.0 Å². The third kappa shape index (κ3) is 4.93. The number of carbonyl (C=O) groups excluding carboxylic acids is 1. The Morgan fingerprint density at radius 1 is 1.30 bits per heavy atom. The van der Waals surface area contributed by atoms with Gasteiger partial charge in [-0.25, -0.2) is 8.42 Å². The molecule has 150 valence electrons. The van der Waals surface area contributed by atoms with Crippen LogP contribution in [0, 0.1) is 12.8 Å². The Kier molecular flexibility index (Phi) is 5.95. The first-order valence-corrected chi connectivity index (χ1v) is 11.3. The molecule has 0 aliphatic carbocycles. The summed E-state index contributed by atoms with van der Waals surface area (Å²) in [5.41, 5.74) is 1.43. The number of hydrogen-bond donors (Lipinski definition) is 1. The number of likely N-dealkylation sites (tertiary alicyclic amines) is 1. The second-order valence-electron chi connectivity index (χ2n) is 7.70. The normalized spacial score (nSPS) is 21.4. The highest BCUT2D eigenvalue weighted by Gasteiger charge is 2.35. The number of nitrogens with zero attached hydrogens (tertiary/aromatic N) is 2. The SMILES string of the molecule is Cc1ccc2c(c1)N(S(C)(=O)=O)CC(C(=O)NCCC1CCN(C)CC1)O2. The number of piperidine rings is 1. The van der Waals surface area contributed by atoms with Gasteiger partial charge in [0.25, 0.3) is 5.91 Å². The van der Waals surface area contributed by atoms with Crippen molar-refractivity contribution in [1.29, 1.82) is 0 Å². The number of aryl methyl sites for hydroxylation is 1. The van der Waals surface area contributed by atoms with Crippen LogP contribution in [0.25, 0.3) is 0 Å². The van der Waals surface area contributed by atoms with Gasteiger partial charge in [-0.3, -0.25) is 9.10 Å². The number of ether oxygens (including phenoxy) is 1. The van der Waals surface area contributed by atoms with E-state index in [2.05, 4.69) is 17.3 Å². The summed E-state index contributed by atoms with van der Waals surface area (Å²) in [5, 5.41) is 2.93. The summed E-state index contributed by atoms with van der Waals surface area (Å²) in [6.45, 7) is 4.68. The van der Waals surface area contributed by atoms with Gasteiger partial charge < -0.3 is 15.0 Å². The van der Waals surface area contributed by atoms with Crippen LogP contribution in [0.5, 0.6) is 5.75 Å². The number of sulfonamides is 1. The first-order valence-electron chi connectivity index (χ1n) is 9.45. The molecule has 1 unspecified atom stereocenters. The highest BCUT2D eigenvalue weighted by molar-refractivity contribution is 7.92. The van der Waals surface area contributed by atoms with Crippen LogP contribution in [-0.2, 0) is 14.8 Å². The van der Waals surface area contributed by atoms with Crippen LogP contribution in [0.2, 0.25) is 0 Å². The van der Waals surface area contributed by atoms with E-state index in [9.17, 15) is 13.2 Å². The number of carbonyl (C=O) groups is 1. The van der Waals surface area contributed by atoms with Gasteiger partial charge in [0.05, 0.1) is 18.5 Å². The molecule has 7 nitrogen and oxygen atoms in total. The Morgan fingerprint density at radius 3 is 2.67 bits per heavy atom. The smallest absolute Gasteiger partial charge is 0.263 e. The van der Waals surface area contributed by atoms with E-state index in [1.165, 1.54) is 4.31 Å². The number of amides is 1. The summed E-state index contributed by atoms with van der Waals surface area (Å²) in [4.78, 5) is 14.9. The molecule has 1 saturated heterocycles. The van der Waals surface area contributed by atoms with Gasteiger partial charge in [-0.2, -0.15) is 0 Å². The second kappa shape index (κ2) is 8.06. The van der Waals surface area contributed by atoms with Gasteiger partial charge >= 0.3 is 0 Å². The number of anilines is 1. The van der Waals surface area contributed by atoms with Crippen molar-refractivity contribution in [2.75, 3.05) is 43.8 Å². The molecule has 0 radical (unpaired) electrons. The van der Waals surface area contributed by atoms with E-state index < -0.39 is 16.1 Å². The molecule has 8 heteroatoms. The van der Waals surface area contributed by atoms with Crippen molar-refractivity contribution in [3.05, 3.63) is 23.8 Å². The average Bonchev–Trinajstić information content (AvgIpc) is 2.61. The molecule has 0 aromatic heterocycles. The first-order chi connectivity index (χ1) is 12.7. The van der Waals surface area contributed by atoms with Gasteiger partial charge in [0, 0.05) is 6.54 Å². The molecule has 1 atom stereocenters. The average molecular weight is 396 g/mol. The second-order valence-corrected chi connectivity index (χ2v) is 9.60. The fourth-order valence-corrected chi connectivity index (χ4v) is 4.58. The van der Waals surface area contributed by atoms with E-state index in [-0.39, 0.29) is 12.5 Å². The van der Waals surface area contributed by atoms with Crippen LogP contribution in [0.4, 0.5) is 5.69 Å². The molecule has 1 amide bonds. The molecule has 2 heterocycles. The lowest BCUT2D eigenvalue weighted by molar-refractivity contribution is -0.127. The third-order valence-electron chi connectivity index (χ3n) is 5.37. The van der Waals surface area contributed by atoms with Crippen LogP contribution in [0.3, 0.4) is 0 Å². The van der Waals surface area contributed by atoms with Crippen LogP contribution in [0.15, 0.2) is 18.2 Å². The largest absolute Gasteiger partial charge is 0.476 e. The van der Waals surface area contributed by atoms with Gasteiger partial charge in [-0.05, 0) is 69.9 Å². The summed E-state index contributed by atoms with van der Waals surface area (Å²) in [6, 6.07) is 5.34. The summed E-state index contributed by atoms with van der Waals surface area (Å²) in [6.07, 6.45) is 3.56. The van der Waals surface area contributed by atoms with E-state index in [0.717, 1.165) is 44.2 Å². The molecule has 0 spiro atoms. The molecule has 1 aromatic carbocycles. The summed E-state index contributed by atoms with van der Waals surface area (Å²) < 4.78 is 31.5. The van der Waals surface area contributed by atoms with Crippen molar-refractivity contribution in [3.8, 4) is 5.75 Å². The van der Waals surface area contributed by atoms with Crippen LogP contribution in [0.1, 0.15) is 24.8 Å². The minimum Gasteiger partial charge on any atom is -0.476 e. The van der Waals surface area contributed by atoms with Crippen molar-refractivity contribution in [2.45, 2.75) is 32.3 Å². The minimum absolute atomic E-state index is 0.00462. The lowest BCUT2D eigenvalue weighted by Gasteiger charge is -2.34. The van der Waals surface area contributed by atoms with E-state index >= 15 is 0 Å². The third-order valence-corrected chi connectivity index (χ3v) is 6.51. The van der Waals surface area contributed by atoms with Gasteiger partial charge in [-0.1, -0.05) is 6.07 Å². The lowest BCUT2D eigenvalue weighted by atomic mass is 9.94. The van der Waals surface area contributed by atoms with Crippen LogP contribution < -0.4 is 14.4 Å². The van der Waals surface area contributed by atoms with Crippen molar-refractivity contribution in [1.82, 2.24) is 10.2 Å². The molecule has 2 aliphatic rings. The fraction of sp³-hybridized carbons (Fsp3) is 0.632. The van der Waals surface area contributed by atoms with Crippen LogP contribution in [-0.4, -0.2) is 64.8 Å². The van der Waals surface area contributed by atoms with E-state index in [1.807, 2.05) is 13.0 Å².